The number of aliphatic hydroxyl groups is 2. The summed E-state index contributed by atoms with van der Waals surface area (Å²) in [6.07, 6.45) is 11.4. The van der Waals surface area contributed by atoms with E-state index in [4.69, 9.17) is 28.2 Å². The Balaban J connectivity index is 1.70. The molecule has 0 spiro atoms. The number of hydrogen-bond donors (Lipinski definition) is 2. The maximum absolute atomic E-state index is 14.5. The number of ketones is 3. The molecule has 3 heterocycles. The predicted molar refractivity (Wildman–Crippen MR) is 263 cm³/mol. The fourth-order valence-corrected chi connectivity index (χ4v) is 11.4. The van der Waals surface area contributed by atoms with Crippen LogP contribution in [0.5, 0.6) is 0 Å². The van der Waals surface area contributed by atoms with Crippen molar-refractivity contribution >= 4 is 36.6 Å². The maximum Gasteiger partial charge on any atom is 0.329 e. The van der Waals surface area contributed by atoms with E-state index in [0.717, 1.165) is 12.0 Å². The molecule has 1 aliphatic carbocycles. The Morgan fingerprint density at radius 2 is 1.57 bits per heavy atom. The summed E-state index contributed by atoms with van der Waals surface area (Å²) in [5, 5.41) is 23.5. The van der Waals surface area contributed by atoms with Gasteiger partial charge < -0.3 is 43.3 Å². The standard InChI is InChI=1S/C53H84NO14P/c1-32-18-14-13-15-19-33(2)44(63-8)30-40-23-21-38(7)53(61,67-40)50(58)51(59)54-25-17-16-20-41(54)52(60)66-45(35(4)28-39-22-24-43(46(29-39)64-9)68-69(11,12)62)31-42(55)34(3)27-37(6)48(57)49(65-10)47(56)36(5)26-32/h13-15,18-19,27,32,34-36,38-41,43-46,48-49,57,61H,16-17,20-26,28-31H2,1-12H3/b15-13+,18-14+,33-19+,37-27+/t32-,34-,35-,36-,38-,39+,40+,41+,43-,44?,45+,46-,48-,49+,53-/m1/s1. The van der Waals surface area contributed by atoms with E-state index in [9.17, 15) is 38.8 Å². The highest BCUT2D eigenvalue weighted by molar-refractivity contribution is 7.57. The Morgan fingerprint density at radius 3 is 2.22 bits per heavy atom. The Bertz CT molecular complexity index is 1940. The molecule has 390 valence electrons. The van der Waals surface area contributed by atoms with E-state index in [0.29, 0.717) is 63.4 Å². The van der Waals surface area contributed by atoms with Gasteiger partial charge in [-0.25, -0.2) is 4.79 Å². The van der Waals surface area contributed by atoms with Crippen molar-refractivity contribution in [2.75, 3.05) is 41.2 Å². The fourth-order valence-electron chi connectivity index (χ4n) is 10.5. The Labute approximate surface area is 411 Å². The lowest BCUT2D eigenvalue weighted by Crippen LogP contribution is -2.61. The van der Waals surface area contributed by atoms with E-state index < -0.39 is 85.1 Å². The number of carbonyl (C=O) groups excluding carboxylic acids is 5. The molecule has 1 unspecified atom stereocenters. The number of rotatable bonds is 8. The lowest BCUT2D eigenvalue weighted by atomic mass is 9.78. The highest BCUT2D eigenvalue weighted by Crippen LogP contribution is 2.45. The molecule has 0 radical (unpaired) electrons. The van der Waals surface area contributed by atoms with Gasteiger partial charge in [-0.3, -0.25) is 23.7 Å². The van der Waals surface area contributed by atoms with Crippen molar-refractivity contribution in [2.45, 2.75) is 180 Å². The van der Waals surface area contributed by atoms with E-state index in [1.54, 1.807) is 54.4 Å². The van der Waals surface area contributed by atoms with Crippen LogP contribution < -0.4 is 0 Å². The van der Waals surface area contributed by atoms with Crippen LogP contribution in [0, 0.1) is 35.5 Å². The van der Waals surface area contributed by atoms with Crippen molar-refractivity contribution in [2.24, 2.45) is 35.5 Å². The first-order valence-electron chi connectivity index (χ1n) is 25.2. The molecule has 1 amide bonds. The van der Waals surface area contributed by atoms with Crippen LogP contribution in [0.1, 0.15) is 126 Å². The molecule has 2 saturated heterocycles. The molecule has 4 aliphatic rings. The minimum atomic E-state index is -2.79. The average Bonchev–Trinajstić information content (AvgIpc) is 3.30. The number of aliphatic hydroxyl groups excluding tert-OH is 1. The van der Waals surface area contributed by atoms with E-state index >= 15 is 0 Å². The van der Waals surface area contributed by atoms with Crippen molar-refractivity contribution in [3.05, 3.63) is 47.6 Å². The molecule has 15 nitrogen and oxygen atoms in total. The van der Waals surface area contributed by atoms with Gasteiger partial charge in [0.15, 0.2) is 13.2 Å². The number of carbonyl (C=O) groups is 5. The van der Waals surface area contributed by atoms with Crippen LogP contribution in [-0.2, 0) is 56.7 Å². The molecule has 3 fully saturated rings. The first kappa shape index (κ1) is 58.4. The fraction of sp³-hybridized carbons (Fsp3) is 0.755. The Kier molecular flexibility index (Phi) is 22.5. The van der Waals surface area contributed by atoms with Gasteiger partial charge in [0.25, 0.3) is 11.7 Å². The number of Topliss-reactive ketones (excluding diaryl/α,β-unsaturated/α-hetero) is 3. The number of amides is 1. The molecule has 0 aromatic heterocycles. The first-order valence-corrected chi connectivity index (χ1v) is 27.7. The summed E-state index contributed by atoms with van der Waals surface area (Å²) in [6, 6.07) is -1.16. The molecule has 69 heavy (non-hydrogen) atoms. The van der Waals surface area contributed by atoms with E-state index in [1.165, 1.54) is 12.0 Å². The number of esters is 1. The number of methoxy groups -OCH3 is 3. The molecular weight excluding hydrogens is 906 g/mol. The number of piperidine rings is 1. The molecule has 15 atom stereocenters. The highest BCUT2D eigenvalue weighted by atomic mass is 31.2. The van der Waals surface area contributed by atoms with Crippen LogP contribution in [0.15, 0.2) is 47.6 Å². The number of nitrogens with zero attached hydrogens (tertiary/aromatic N) is 1. The van der Waals surface area contributed by atoms with Gasteiger partial charge in [-0.1, -0.05) is 71.1 Å². The smallest absolute Gasteiger partial charge is 0.329 e. The quantitative estimate of drug-likeness (QED) is 0.104. The summed E-state index contributed by atoms with van der Waals surface area (Å²) in [5.41, 5.74) is 1.25. The maximum atomic E-state index is 14.5. The third-order valence-corrected chi connectivity index (χ3v) is 15.6. The van der Waals surface area contributed by atoms with Gasteiger partial charge in [-0.2, -0.15) is 0 Å². The van der Waals surface area contributed by atoms with Gasteiger partial charge in [0.05, 0.1) is 24.4 Å². The molecule has 2 bridgehead atoms. The van der Waals surface area contributed by atoms with Crippen molar-refractivity contribution in [1.29, 1.82) is 0 Å². The summed E-state index contributed by atoms with van der Waals surface area (Å²) in [4.78, 5) is 72.2. The van der Waals surface area contributed by atoms with Gasteiger partial charge in [0, 0.05) is 71.8 Å². The third kappa shape index (κ3) is 16.2. The number of allylic oxidation sites excluding steroid dienone is 6. The lowest BCUT2D eigenvalue weighted by Gasteiger charge is -2.42. The molecule has 4 rings (SSSR count). The Morgan fingerprint density at radius 1 is 0.855 bits per heavy atom. The number of ether oxygens (including phenoxy) is 5. The SMILES string of the molecule is COC1C[C@@H]2CC[C@@H](C)[C@@](O)(O2)C(=O)C(=O)N2CCCC[C@H]2C(=O)O[C@H]([C@H](C)C[C@@H]2CC[C@@H](OP(C)(C)=O)[C@H](OC)C2)CC(=O)[C@H](C)/C=C(\C)[C@@H](O)[C@@H](OC)C(=O)[C@H](C)C[C@H](C)/C=C/C=C/C=C/1C. The topological polar surface area (TPSA) is 201 Å². The van der Waals surface area contributed by atoms with E-state index in [-0.39, 0.29) is 60.9 Å². The normalized spacial score (nSPS) is 39.0. The molecular formula is C53H84NO14P. The molecule has 2 N–H and O–H groups in total. The van der Waals surface area contributed by atoms with Gasteiger partial charge in [-0.15, -0.1) is 0 Å². The first-order chi connectivity index (χ1) is 32.4. The van der Waals surface area contributed by atoms with Crippen LogP contribution in [-0.4, -0.2) is 140 Å². The summed E-state index contributed by atoms with van der Waals surface area (Å²) >= 11 is 0. The zero-order valence-corrected chi connectivity index (χ0v) is 44.3. The van der Waals surface area contributed by atoms with Crippen molar-refractivity contribution < 1.29 is 67.0 Å². The van der Waals surface area contributed by atoms with Gasteiger partial charge in [0.1, 0.15) is 30.1 Å². The minimum Gasteiger partial charge on any atom is -0.460 e. The van der Waals surface area contributed by atoms with Gasteiger partial charge in [0.2, 0.25) is 5.79 Å². The molecule has 0 aromatic carbocycles. The predicted octanol–water partition coefficient (Wildman–Crippen LogP) is 7.74. The molecule has 1 saturated carbocycles. The lowest BCUT2D eigenvalue weighted by molar-refractivity contribution is -0.265. The Hall–Kier alpha value is -3.14. The summed E-state index contributed by atoms with van der Waals surface area (Å²) < 4.78 is 48.2. The second-order valence-electron chi connectivity index (χ2n) is 20.9. The number of hydrogen-bond acceptors (Lipinski definition) is 14. The van der Waals surface area contributed by atoms with Gasteiger partial charge in [-0.05, 0) is 107 Å². The van der Waals surface area contributed by atoms with Gasteiger partial charge >= 0.3 is 5.97 Å². The molecule has 16 heteroatoms. The van der Waals surface area contributed by atoms with Crippen molar-refractivity contribution in [3.63, 3.8) is 0 Å². The van der Waals surface area contributed by atoms with Crippen LogP contribution >= 0.6 is 7.37 Å². The average molecular weight is 990 g/mol. The van der Waals surface area contributed by atoms with Crippen LogP contribution in [0.4, 0.5) is 0 Å². The zero-order chi connectivity index (χ0) is 51.4. The molecule has 3 aliphatic heterocycles. The highest BCUT2D eigenvalue weighted by Gasteiger charge is 2.53. The number of fused-ring (bicyclic) bond motifs is 3. The zero-order valence-electron chi connectivity index (χ0n) is 43.4. The second-order valence-corrected chi connectivity index (χ2v) is 23.6. The monoisotopic (exact) mass is 990 g/mol. The number of cyclic esters (lactones) is 1. The van der Waals surface area contributed by atoms with E-state index in [1.807, 2.05) is 58.1 Å². The summed E-state index contributed by atoms with van der Waals surface area (Å²) in [5.74, 6) is -8.11. The van der Waals surface area contributed by atoms with Crippen LogP contribution in [0.25, 0.3) is 0 Å². The van der Waals surface area contributed by atoms with Crippen molar-refractivity contribution in [1.82, 2.24) is 4.90 Å². The molecule has 0 aromatic rings. The largest absolute Gasteiger partial charge is 0.460 e. The third-order valence-electron chi connectivity index (χ3n) is 14.8. The van der Waals surface area contributed by atoms with Crippen LogP contribution in [0.2, 0.25) is 0 Å². The summed E-state index contributed by atoms with van der Waals surface area (Å²) in [6.45, 7) is 15.9. The van der Waals surface area contributed by atoms with Crippen molar-refractivity contribution in [3.8, 4) is 0 Å². The van der Waals surface area contributed by atoms with Crippen LogP contribution in [0.3, 0.4) is 0 Å². The van der Waals surface area contributed by atoms with E-state index in [2.05, 4.69) is 0 Å². The second kappa shape index (κ2) is 26.5. The minimum absolute atomic E-state index is 0.0117. The summed E-state index contributed by atoms with van der Waals surface area (Å²) in [7, 11) is 1.76.